The van der Waals surface area contributed by atoms with Gasteiger partial charge in [0, 0.05) is 31.0 Å². The summed E-state index contributed by atoms with van der Waals surface area (Å²) in [6, 6.07) is 0. The number of carbonyl (C=O) groups excluding carboxylic acids is 2. The molecule has 0 spiro atoms. The average Bonchev–Trinajstić information content (AvgIpc) is 2.35. The minimum absolute atomic E-state index is 0. The molecule has 0 unspecified atom stereocenters. The van der Waals surface area contributed by atoms with E-state index < -0.39 is 0 Å². The summed E-state index contributed by atoms with van der Waals surface area (Å²) in [6.45, 7) is 5.00. The smallest absolute Gasteiger partial charge is 0.306 e. The minimum Gasteiger partial charge on any atom is -0.466 e. The fourth-order valence-corrected chi connectivity index (χ4v) is 1.12. The second kappa shape index (κ2) is 20.6. The first-order valence-corrected chi connectivity index (χ1v) is 7.41. The molecule has 0 amide bonds. The summed E-state index contributed by atoms with van der Waals surface area (Å²) in [7, 11) is 0. The second-order valence-electron chi connectivity index (χ2n) is 3.39. The van der Waals surface area contributed by atoms with Crippen LogP contribution in [0.25, 0.3) is 0 Å². The molecule has 0 aliphatic rings. The zero-order valence-corrected chi connectivity index (χ0v) is 16.6. The molecule has 0 fully saturated rings. The summed E-state index contributed by atoms with van der Waals surface area (Å²) in [5, 5.41) is 0. The van der Waals surface area contributed by atoms with Crippen molar-refractivity contribution in [3.8, 4) is 0 Å². The van der Waals surface area contributed by atoms with Gasteiger partial charge in [-0.05, 0) is 12.8 Å². The van der Waals surface area contributed by atoms with Gasteiger partial charge in [0.2, 0.25) is 0 Å². The van der Waals surface area contributed by atoms with Gasteiger partial charge in [-0.3, -0.25) is 9.59 Å². The van der Waals surface area contributed by atoms with E-state index in [-0.39, 0.29) is 31.4 Å². The molecule has 19 heavy (non-hydrogen) atoms. The van der Waals surface area contributed by atoms with Gasteiger partial charge in [-0.15, -0.1) is 0 Å². The summed E-state index contributed by atoms with van der Waals surface area (Å²) in [5.41, 5.74) is 0. The fourth-order valence-electron chi connectivity index (χ4n) is 0.759. The first-order valence-electron chi connectivity index (χ1n) is 6.15. The Morgan fingerprint density at radius 3 is 1.37 bits per heavy atom. The van der Waals surface area contributed by atoms with Gasteiger partial charge in [-0.2, -0.15) is 25.3 Å². The van der Waals surface area contributed by atoms with Gasteiger partial charge in [-0.25, -0.2) is 0 Å². The van der Waals surface area contributed by atoms with Crippen LogP contribution in [0.3, 0.4) is 0 Å². The molecule has 0 rings (SSSR count). The van der Waals surface area contributed by atoms with Crippen LogP contribution in [0.4, 0.5) is 0 Å². The second-order valence-corrected chi connectivity index (χ2v) is 4.28. The minimum atomic E-state index is -0.146. The third kappa shape index (κ3) is 23.7. The van der Waals surface area contributed by atoms with Gasteiger partial charge in [0.05, 0.1) is 26.1 Å². The van der Waals surface area contributed by atoms with E-state index in [1.807, 2.05) is 13.8 Å². The third-order valence-corrected chi connectivity index (χ3v) is 2.01. The van der Waals surface area contributed by atoms with E-state index in [4.69, 9.17) is 9.47 Å². The molecule has 0 aromatic carbocycles. The molecule has 0 saturated carbocycles. The summed E-state index contributed by atoms with van der Waals surface area (Å²) in [5.74, 6) is 0.851. The molecule has 0 aromatic heterocycles. The SMILES string of the molecule is CCCOC(=O)CCS.CCCOC(=O)CCS.[Zn]. The Balaban J connectivity index is -0.000000256. The molecule has 0 bridgehead atoms. The summed E-state index contributed by atoms with van der Waals surface area (Å²) in [6.07, 6.45) is 2.61. The van der Waals surface area contributed by atoms with E-state index in [0.29, 0.717) is 37.6 Å². The van der Waals surface area contributed by atoms with Crippen molar-refractivity contribution in [3.05, 3.63) is 0 Å². The number of carbonyl (C=O) groups is 2. The molecular formula is C12H24O4S2Zn. The van der Waals surface area contributed by atoms with Crippen LogP contribution in [-0.2, 0) is 38.5 Å². The Hall–Kier alpha value is 0.263. The molecule has 0 heterocycles. The molecule has 0 saturated heterocycles. The van der Waals surface area contributed by atoms with E-state index in [1.165, 1.54) is 0 Å². The van der Waals surface area contributed by atoms with Crippen molar-refractivity contribution in [2.45, 2.75) is 39.5 Å². The van der Waals surface area contributed by atoms with Crippen molar-refractivity contribution in [1.29, 1.82) is 0 Å². The topological polar surface area (TPSA) is 52.6 Å². The van der Waals surface area contributed by atoms with Crippen molar-refractivity contribution < 1.29 is 38.5 Å². The van der Waals surface area contributed by atoms with E-state index in [0.717, 1.165) is 12.8 Å². The number of rotatable bonds is 8. The maximum atomic E-state index is 10.5. The van der Waals surface area contributed by atoms with Crippen LogP contribution in [0, 0.1) is 0 Å². The molecule has 0 atom stereocenters. The Morgan fingerprint density at radius 1 is 0.842 bits per heavy atom. The van der Waals surface area contributed by atoms with Gasteiger partial charge >= 0.3 is 11.9 Å². The van der Waals surface area contributed by atoms with E-state index in [2.05, 4.69) is 25.3 Å². The predicted molar refractivity (Wildman–Crippen MR) is 79.4 cm³/mol. The van der Waals surface area contributed by atoms with Crippen LogP contribution in [-0.4, -0.2) is 36.7 Å². The first-order chi connectivity index (χ1) is 8.62. The summed E-state index contributed by atoms with van der Waals surface area (Å²) >= 11 is 7.76. The molecule has 4 nitrogen and oxygen atoms in total. The van der Waals surface area contributed by atoms with Gasteiger partial charge in [0.15, 0.2) is 0 Å². The average molecular weight is 362 g/mol. The standard InChI is InChI=1S/2C6H12O2S.Zn/c2*1-2-4-8-6(7)3-5-9;/h2*9H,2-5H2,1H3;. The van der Waals surface area contributed by atoms with Crippen molar-refractivity contribution in [2.24, 2.45) is 0 Å². The summed E-state index contributed by atoms with van der Waals surface area (Å²) in [4.78, 5) is 21.1. The molecule has 0 aromatic rings. The van der Waals surface area contributed by atoms with Crippen LogP contribution in [0.2, 0.25) is 0 Å². The zero-order chi connectivity index (χ0) is 14.2. The van der Waals surface area contributed by atoms with Crippen LogP contribution >= 0.6 is 25.3 Å². The number of thiol groups is 2. The largest absolute Gasteiger partial charge is 0.466 e. The molecule has 0 aliphatic heterocycles. The Bertz CT molecular complexity index is 194. The predicted octanol–water partition coefficient (Wildman–Crippen LogP) is 2.52. The van der Waals surface area contributed by atoms with Crippen LogP contribution < -0.4 is 0 Å². The van der Waals surface area contributed by atoms with Gasteiger partial charge in [-0.1, -0.05) is 13.8 Å². The van der Waals surface area contributed by atoms with Crippen LogP contribution in [0.15, 0.2) is 0 Å². The Labute approximate surface area is 140 Å². The van der Waals surface area contributed by atoms with E-state index in [9.17, 15) is 9.59 Å². The normalized spacial score (nSPS) is 8.63. The zero-order valence-electron chi connectivity index (χ0n) is 11.9. The number of esters is 2. The maximum Gasteiger partial charge on any atom is 0.306 e. The van der Waals surface area contributed by atoms with Crippen molar-refractivity contribution in [1.82, 2.24) is 0 Å². The van der Waals surface area contributed by atoms with Crippen molar-refractivity contribution in [3.63, 3.8) is 0 Å². The molecule has 0 N–H and O–H groups in total. The Kier molecular flexibility index (Phi) is 26.3. The third-order valence-electron chi connectivity index (χ3n) is 1.57. The fraction of sp³-hybridized carbons (Fsp3) is 0.833. The molecule has 7 heteroatoms. The molecule has 110 valence electrons. The summed E-state index contributed by atoms with van der Waals surface area (Å²) < 4.78 is 9.49. The quantitative estimate of drug-likeness (QED) is 0.396. The van der Waals surface area contributed by atoms with Crippen molar-refractivity contribution in [2.75, 3.05) is 24.7 Å². The number of hydrogen-bond acceptors (Lipinski definition) is 6. The van der Waals surface area contributed by atoms with Gasteiger partial charge in [0.1, 0.15) is 0 Å². The molecule has 0 radical (unpaired) electrons. The maximum absolute atomic E-state index is 10.5. The first kappa shape index (κ1) is 24.3. The van der Waals surface area contributed by atoms with E-state index in [1.54, 1.807) is 0 Å². The van der Waals surface area contributed by atoms with Crippen LogP contribution in [0.5, 0.6) is 0 Å². The van der Waals surface area contributed by atoms with Crippen LogP contribution in [0.1, 0.15) is 39.5 Å². The Morgan fingerprint density at radius 2 is 1.16 bits per heavy atom. The van der Waals surface area contributed by atoms with Gasteiger partial charge in [0.25, 0.3) is 0 Å². The number of ether oxygens (including phenoxy) is 2. The molecule has 0 aliphatic carbocycles. The monoisotopic (exact) mass is 360 g/mol. The van der Waals surface area contributed by atoms with Crippen molar-refractivity contribution >= 4 is 37.2 Å². The van der Waals surface area contributed by atoms with E-state index >= 15 is 0 Å². The van der Waals surface area contributed by atoms with Gasteiger partial charge < -0.3 is 9.47 Å². The number of hydrogen-bond donors (Lipinski definition) is 2. The molecular weight excluding hydrogens is 338 g/mol.